The van der Waals surface area contributed by atoms with E-state index in [0.717, 1.165) is 16.8 Å². The molecule has 0 fully saturated rings. The van der Waals surface area contributed by atoms with Crippen LogP contribution in [0.1, 0.15) is 21.7 Å². The lowest BCUT2D eigenvalue weighted by atomic mass is 10.1. The maximum absolute atomic E-state index is 13.5. The Kier molecular flexibility index (Phi) is 5.49. The second-order valence-electron chi connectivity index (χ2n) is 7.12. The van der Waals surface area contributed by atoms with Gasteiger partial charge >= 0.3 is 0 Å². The van der Waals surface area contributed by atoms with Crippen LogP contribution in [-0.4, -0.2) is 27.8 Å². The number of carbonyl (C=O) groups excluding carboxylic acids is 1. The average Bonchev–Trinajstić information content (AvgIpc) is 3.20. The Balaban J connectivity index is 1.79. The third-order valence-corrected chi connectivity index (χ3v) is 4.85. The monoisotopic (exact) mass is 416 g/mol. The van der Waals surface area contributed by atoms with E-state index in [0.29, 0.717) is 22.8 Å². The van der Waals surface area contributed by atoms with Gasteiger partial charge in [0, 0.05) is 5.56 Å². The van der Waals surface area contributed by atoms with Gasteiger partial charge in [0.25, 0.3) is 5.91 Å². The molecular formula is C24H21FN4O2. The molecule has 0 aliphatic rings. The second-order valence-corrected chi connectivity index (χ2v) is 7.12. The fraction of sp³-hybridized carbons (Fsp3) is 0.125. The molecule has 1 aromatic heterocycles. The van der Waals surface area contributed by atoms with Crippen LogP contribution in [0.5, 0.6) is 5.75 Å². The first-order chi connectivity index (χ1) is 15.0. The molecule has 0 saturated carbocycles. The van der Waals surface area contributed by atoms with Crippen LogP contribution in [0.3, 0.4) is 0 Å². The van der Waals surface area contributed by atoms with Crippen LogP contribution in [0.25, 0.3) is 17.1 Å². The molecular weight excluding hydrogens is 395 g/mol. The quantitative estimate of drug-likeness (QED) is 0.500. The zero-order valence-corrected chi connectivity index (χ0v) is 17.4. The number of carbonyl (C=O) groups is 1. The van der Waals surface area contributed by atoms with Gasteiger partial charge < -0.3 is 10.1 Å². The number of benzene rings is 3. The first kappa shape index (κ1) is 20.3. The van der Waals surface area contributed by atoms with Crippen molar-refractivity contribution in [2.45, 2.75) is 13.8 Å². The molecule has 0 radical (unpaired) electrons. The van der Waals surface area contributed by atoms with Gasteiger partial charge in [0.2, 0.25) is 5.82 Å². The summed E-state index contributed by atoms with van der Waals surface area (Å²) in [4.78, 5) is 17.4. The van der Waals surface area contributed by atoms with E-state index in [1.807, 2.05) is 38.1 Å². The highest BCUT2D eigenvalue weighted by Crippen LogP contribution is 2.26. The first-order valence-electron chi connectivity index (χ1n) is 9.71. The third kappa shape index (κ3) is 4.16. The molecule has 0 saturated heterocycles. The number of halogens is 1. The number of nitrogens with zero attached hydrogens (tertiary/aromatic N) is 3. The summed E-state index contributed by atoms with van der Waals surface area (Å²) in [5.41, 5.74) is 4.03. The van der Waals surface area contributed by atoms with Gasteiger partial charge in [0.15, 0.2) is 5.82 Å². The molecule has 0 aliphatic heterocycles. The average molecular weight is 416 g/mol. The van der Waals surface area contributed by atoms with Gasteiger partial charge in [0.05, 0.1) is 18.5 Å². The smallest absolute Gasteiger partial charge is 0.295 e. The third-order valence-electron chi connectivity index (χ3n) is 4.85. The lowest BCUT2D eigenvalue weighted by Crippen LogP contribution is -2.15. The number of aryl methyl sites for hydroxylation is 2. The number of ether oxygens (including phenoxy) is 1. The number of rotatable bonds is 5. The van der Waals surface area contributed by atoms with Gasteiger partial charge in [-0.15, -0.1) is 5.10 Å². The fourth-order valence-corrected chi connectivity index (χ4v) is 3.33. The summed E-state index contributed by atoms with van der Waals surface area (Å²) in [6.45, 7) is 3.97. The number of nitrogens with one attached hydrogen (secondary N) is 1. The molecule has 3 aromatic carbocycles. The summed E-state index contributed by atoms with van der Waals surface area (Å²) >= 11 is 0. The van der Waals surface area contributed by atoms with Gasteiger partial charge in [-0.2, -0.15) is 0 Å². The number of methoxy groups -OCH3 is 1. The topological polar surface area (TPSA) is 69.0 Å². The summed E-state index contributed by atoms with van der Waals surface area (Å²) in [6.07, 6.45) is 0. The van der Waals surface area contributed by atoms with Crippen molar-refractivity contribution in [3.63, 3.8) is 0 Å². The van der Waals surface area contributed by atoms with Crippen molar-refractivity contribution in [3.8, 4) is 22.8 Å². The number of anilines is 1. The Morgan fingerprint density at radius 3 is 2.48 bits per heavy atom. The standard InChI is InChI=1S/C24H21FN4O2/c1-15-8-13-20(16(2)14-15)29-23(17-9-11-18(25)12-10-17)27-22(28-29)24(30)26-19-6-4-5-7-21(19)31-3/h4-14H,1-3H3,(H,26,30). The number of amides is 1. The summed E-state index contributed by atoms with van der Waals surface area (Å²) < 4.78 is 20.4. The van der Waals surface area contributed by atoms with Crippen molar-refractivity contribution in [3.05, 3.63) is 89.5 Å². The zero-order valence-electron chi connectivity index (χ0n) is 17.4. The second kappa shape index (κ2) is 8.39. The van der Waals surface area contributed by atoms with Crippen molar-refractivity contribution in [2.24, 2.45) is 0 Å². The van der Waals surface area contributed by atoms with Crippen LogP contribution < -0.4 is 10.1 Å². The number of hydrogen-bond acceptors (Lipinski definition) is 4. The molecule has 0 spiro atoms. The molecule has 0 aliphatic carbocycles. The Labute approximate surface area is 179 Å². The maximum Gasteiger partial charge on any atom is 0.295 e. The van der Waals surface area contributed by atoms with Crippen molar-refractivity contribution < 1.29 is 13.9 Å². The number of hydrogen-bond donors (Lipinski definition) is 1. The van der Waals surface area contributed by atoms with Crippen LogP contribution >= 0.6 is 0 Å². The van der Waals surface area contributed by atoms with Crippen molar-refractivity contribution >= 4 is 11.6 Å². The van der Waals surface area contributed by atoms with E-state index in [-0.39, 0.29) is 11.6 Å². The molecule has 31 heavy (non-hydrogen) atoms. The van der Waals surface area contributed by atoms with E-state index in [1.165, 1.54) is 19.2 Å². The summed E-state index contributed by atoms with van der Waals surface area (Å²) in [5, 5.41) is 7.27. The van der Waals surface area contributed by atoms with E-state index in [4.69, 9.17) is 4.74 Å². The molecule has 1 amide bonds. The van der Waals surface area contributed by atoms with E-state index < -0.39 is 5.91 Å². The first-order valence-corrected chi connectivity index (χ1v) is 9.71. The normalized spacial score (nSPS) is 10.7. The molecule has 4 rings (SSSR count). The van der Waals surface area contributed by atoms with Crippen LogP contribution in [0, 0.1) is 19.7 Å². The van der Waals surface area contributed by atoms with E-state index >= 15 is 0 Å². The Morgan fingerprint density at radius 2 is 1.77 bits per heavy atom. The highest BCUT2D eigenvalue weighted by atomic mass is 19.1. The van der Waals surface area contributed by atoms with Gasteiger partial charge in [0.1, 0.15) is 11.6 Å². The van der Waals surface area contributed by atoms with E-state index in [9.17, 15) is 9.18 Å². The molecule has 0 unspecified atom stereocenters. The highest BCUT2D eigenvalue weighted by molar-refractivity contribution is 6.02. The predicted molar refractivity (Wildman–Crippen MR) is 117 cm³/mol. The summed E-state index contributed by atoms with van der Waals surface area (Å²) in [7, 11) is 1.53. The SMILES string of the molecule is COc1ccccc1NC(=O)c1nc(-c2ccc(F)cc2)n(-c2ccc(C)cc2C)n1. The molecule has 6 nitrogen and oxygen atoms in total. The maximum atomic E-state index is 13.5. The molecule has 7 heteroatoms. The minimum atomic E-state index is -0.476. The molecule has 0 atom stereocenters. The lowest BCUT2D eigenvalue weighted by molar-refractivity contribution is 0.101. The minimum absolute atomic E-state index is 0.00907. The minimum Gasteiger partial charge on any atom is -0.495 e. The van der Waals surface area contributed by atoms with Crippen LogP contribution in [-0.2, 0) is 0 Å². The molecule has 4 aromatic rings. The predicted octanol–water partition coefficient (Wildman–Crippen LogP) is 4.95. The lowest BCUT2D eigenvalue weighted by Gasteiger charge is -2.10. The fourth-order valence-electron chi connectivity index (χ4n) is 3.33. The van der Waals surface area contributed by atoms with Crippen LogP contribution in [0.2, 0.25) is 0 Å². The highest BCUT2D eigenvalue weighted by Gasteiger charge is 2.20. The van der Waals surface area contributed by atoms with E-state index in [2.05, 4.69) is 15.4 Å². The molecule has 1 N–H and O–H groups in total. The zero-order chi connectivity index (χ0) is 22.0. The van der Waals surface area contributed by atoms with Crippen molar-refractivity contribution in [1.82, 2.24) is 14.8 Å². The Bertz CT molecular complexity index is 1250. The molecule has 156 valence electrons. The van der Waals surface area contributed by atoms with E-state index in [1.54, 1.807) is 35.0 Å². The van der Waals surface area contributed by atoms with Crippen molar-refractivity contribution in [1.29, 1.82) is 0 Å². The van der Waals surface area contributed by atoms with Gasteiger partial charge in [-0.3, -0.25) is 4.79 Å². The number of aromatic nitrogens is 3. The van der Waals surface area contributed by atoms with Gasteiger partial charge in [-0.05, 0) is 61.9 Å². The van der Waals surface area contributed by atoms with Crippen molar-refractivity contribution in [2.75, 3.05) is 12.4 Å². The van der Waals surface area contributed by atoms with Gasteiger partial charge in [-0.1, -0.05) is 29.8 Å². The largest absolute Gasteiger partial charge is 0.495 e. The molecule has 0 bridgehead atoms. The molecule has 1 heterocycles. The number of para-hydroxylation sites is 2. The summed E-state index contributed by atoms with van der Waals surface area (Å²) in [6, 6.07) is 18.9. The van der Waals surface area contributed by atoms with Crippen LogP contribution in [0.15, 0.2) is 66.7 Å². The summed E-state index contributed by atoms with van der Waals surface area (Å²) in [5.74, 6) is 0.137. The Morgan fingerprint density at radius 1 is 1.03 bits per heavy atom. The van der Waals surface area contributed by atoms with Gasteiger partial charge in [-0.25, -0.2) is 14.1 Å². The Hall–Kier alpha value is -4.00. The van der Waals surface area contributed by atoms with Crippen LogP contribution in [0.4, 0.5) is 10.1 Å².